The standard InChI is InChI=1S/C98H62F20N6O2S4/c1-95(2,3)39-33-37(34-40(93(39)125)96(4,5)6)55-25-27-57(127-55)59-29-31-61(129-59)63-43-13-17-47(119-43)65(69-73(99)81(107)89(115)82(108)74(69)100)51-21-23-53(123-51)67(71-77(103)85(111)91(117)86(112)78(71)104)49-19-15-45(121-49)64(62-32-30-60(130-62)58-28-26-56(128-58)38-35-41(97(7,8)9)94(126)42(36-38)98(10,11)12)46-16-20-50(122-46)68(72-79(105)87(113)92(118)88(114)80(72)106)54-24-22-52(124-54)66(48-18-14-44(63)120-48)70-75(101)83(109)90(116)84(110)76(70)102/h13-36,123-124H,1-12H3/b59-57-,60-58-,63-61?,64-62?,65-47?,66-48?,67-49?,68-50?. The highest BCUT2D eigenvalue weighted by Gasteiger charge is 2.40. The summed E-state index contributed by atoms with van der Waals surface area (Å²) in [7, 11) is 0. The second-order valence-corrected chi connectivity index (χ2v) is 39.3. The molecule has 7 aromatic heterocycles. The quantitative estimate of drug-likeness (QED) is 0.103. The summed E-state index contributed by atoms with van der Waals surface area (Å²) in [5, 5.41) is -0.459. The number of hydrogen-bond acceptors (Lipinski definition) is 10. The van der Waals surface area contributed by atoms with Crippen LogP contribution in [0.15, 0.2) is 119 Å². The number of fused-ring (bicyclic) bond motifs is 12. The van der Waals surface area contributed by atoms with Crippen LogP contribution >= 0.6 is 45.3 Å². The minimum Gasteiger partial charge on any atom is -0.354 e. The fourth-order valence-electron chi connectivity index (χ4n) is 15.8. The van der Waals surface area contributed by atoms with E-state index in [1.165, 1.54) is 34.8 Å². The average Bonchev–Trinajstić information content (AvgIpc) is 1.06. The number of carbonyl (C=O) groups is 2. The molecule has 0 saturated heterocycles. The molecule has 11 aromatic rings. The van der Waals surface area contributed by atoms with Crippen LogP contribution in [0.4, 0.5) is 87.8 Å². The molecule has 4 aromatic carbocycles. The van der Waals surface area contributed by atoms with E-state index in [2.05, 4.69) is 9.97 Å². The van der Waals surface area contributed by atoms with E-state index in [1.807, 2.05) is 83.1 Å². The van der Waals surface area contributed by atoms with Crippen molar-refractivity contribution in [2.75, 3.05) is 0 Å². The van der Waals surface area contributed by atoms with Gasteiger partial charge < -0.3 is 9.97 Å². The fraction of sp³-hybridized carbons (Fsp3) is 0.163. The number of thiophene rings is 4. The van der Waals surface area contributed by atoms with Gasteiger partial charge in [0.1, 0.15) is 0 Å². The van der Waals surface area contributed by atoms with Gasteiger partial charge in [0.15, 0.2) is 105 Å². The molecule has 0 unspecified atom stereocenters. The maximum atomic E-state index is 17.1. The lowest BCUT2D eigenvalue weighted by Gasteiger charge is -2.31. The number of ketones is 2. The van der Waals surface area contributed by atoms with E-state index in [9.17, 15) is 9.59 Å². The summed E-state index contributed by atoms with van der Waals surface area (Å²) in [6.45, 7) is 22.6. The molecule has 0 spiro atoms. The first-order valence-electron chi connectivity index (χ1n) is 39.5. The van der Waals surface area contributed by atoms with E-state index in [0.29, 0.717) is 60.6 Å². The SMILES string of the molecule is CC(C)(C)C1=CC(=c2cc/c(=c3\ccc(=c4c5nc(c(-c6c(F)c(F)c(F)c(F)c6F)c6ccc([nH]6)c(-c6c(F)c(F)c(F)c(F)c6F)c6nc(c(=c7cc/c(=c8\ccc(=C9C=C(C(C)(C)C)C(=O)C(C(C)(C)C)=C9)s8)s7)c7nc(c(-c8c(F)c(F)c(F)c(F)c8F)c8ccc([nH]8)c(-c8c(F)c(F)c(F)c(F)c8F)c8nc4C=C8)C=C7)C=C6)C=C5)s3)s2)C=C(C(C)(C)C)C1=O. The molecule has 11 heterocycles. The summed E-state index contributed by atoms with van der Waals surface area (Å²) in [4.78, 5) is 52.2. The predicted molar refractivity (Wildman–Crippen MR) is 463 cm³/mol. The highest BCUT2D eigenvalue weighted by atomic mass is 32.1. The number of nitrogens with zero attached hydrogens (tertiary/aromatic N) is 4. The third kappa shape index (κ3) is 14.9. The molecule has 2 aliphatic carbocycles. The number of carbonyl (C=O) groups excluding carboxylic acids is 2. The molecule has 130 heavy (non-hydrogen) atoms. The maximum absolute atomic E-state index is 17.1. The topological polar surface area (TPSA) is 117 Å². The third-order valence-corrected chi connectivity index (χ3v) is 27.1. The summed E-state index contributed by atoms with van der Waals surface area (Å²) in [5.74, 6) is -51.4. The van der Waals surface area contributed by atoms with E-state index < -0.39 is 250 Å². The zero-order chi connectivity index (χ0) is 93.5. The zero-order valence-corrected chi connectivity index (χ0v) is 72.9. The summed E-state index contributed by atoms with van der Waals surface area (Å²) >= 11 is 4.46. The first-order valence-corrected chi connectivity index (χ1v) is 42.8. The van der Waals surface area contributed by atoms with Crippen molar-refractivity contribution >= 4 is 139 Å². The predicted octanol–water partition coefficient (Wildman–Crippen LogP) is 26.9. The number of Topliss-reactive ketones (excluding diaryl/α,β-unsaturated/α-hetero) is 2. The number of rotatable bonds is 4. The summed E-state index contributed by atoms with van der Waals surface area (Å²) in [6, 6.07) is 16.6. The number of halogens is 20. The molecule has 660 valence electrons. The van der Waals surface area contributed by atoms with Crippen LogP contribution in [0.3, 0.4) is 0 Å². The van der Waals surface area contributed by atoms with Crippen molar-refractivity contribution in [1.82, 2.24) is 29.9 Å². The maximum Gasteiger partial charge on any atom is 0.200 e. The number of nitrogens with one attached hydrogen (secondary N) is 2. The first kappa shape index (κ1) is 89.2. The van der Waals surface area contributed by atoms with Gasteiger partial charge in [-0.1, -0.05) is 83.1 Å². The lowest BCUT2D eigenvalue weighted by Crippen LogP contribution is -2.28. The molecule has 4 aliphatic heterocycles. The van der Waals surface area contributed by atoms with E-state index in [1.54, 1.807) is 60.7 Å². The van der Waals surface area contributed by atoms with Crippen molar-refractivity contribution in [2.24, 2.45) is 21.7 Å². The molecule has 12 bridgehead atoms. The van der Waals surface area contributed by atoms with Gasteiger partial charge in [0, 0.05) is 113 Å². The molecule has 8 nitrogen and oxygen atoms in total. The Morgan fingerprint density at radius 1 is 0.215 bits per heavy atom. The molecule has 17 rings (SSSR count). The van der Waals surface area contributed by atoms with Crippen molar-refractivity contribution in [1.29, 1.82) is 0 Å². The van der Waals surface area contributed by atoms with Crippen LogP contribution in [0.5, 0.6) is 0 Å². The Morgan fingerprint density at radius 3 is 0.585 bits per heavy atom. The second kappa shape index (κ2) is 32.1. The largest absolute Gasteiger partial charge is 0.354 e. The van der Waals surface area contributed by atoms with Gasteiger partial charge in [-0.05, 0) is 179 Å². The minimum absolute atomic E-state index is 0.0827. The van der Waals surface area contributed by atoms with Crippen molar-refractivity contribution in [3.63, 3.8) is 0 Å². The summed E-state index contributed by atoms with van der Waals surface area (Å²) < 4.78 is 331. The number of aromatic amines is 2. The molecule has 6 aliphatic rings. The van der Waals surface area contributed by atoms with Gasteiger partial charge >= 0.3 is 0 Å². The Bertz CT molecular complexity index is 7320. The number of aromatic nitrogens is 6. The molecule has 0 saturated carbocycles. The smallest absolute Gasteiger partial charge is 0.200 e. The summed E-state index contributed by atoms with van der Waals surface area (Å²) in [5.41, 5.74) is -18.2. The van der Waals surface area contributed by atoms with Crippen LogP contribution in [0, 0.1) is 176 Å². The van der Waals surface area contributed by atoms with Gasteiger partial charge in [0.25, 0.3) is 0 Å². The molecule has 0 amide bonds. The van der Waals surface area contributed by atoms with Crippen molar-refractivity contribution in [3.05, 3.63) is 328 Å². The van der Waals surface area contributed by atoms with Crippen LogP contribution in [-0.2, 0) is 9.59 Å². The Balaban J connectivity index is 1.09. The Morgan fingerprint density at radius 2 is 0.385 bits per heavy atom. The number of hydrogen-bond donors (Lipinski definition) is 2. The average molecular weight is 1860 g/mol. The van der Waals surface area contributed by atoms with Crippen molar-refractivity contribution in [2.45, 2.75) is 83.1 Å². The van der Waals surface area contributed by atoms with Gasteiger partial charge in [-0.2, -0.15) is 0 Å². The van der Waals surface area contributed by atoms with E-state index in [-0.39, 0.29) is 31.1 Å². The lowest BCUT2D eigenvalue weighted by atomic mass is 9.72. The molecule has 2 N–H and O–H groups in total. The number of allylic oxidation sites excluding steroid dienone is 8. The highest BCUT2D eigenvalue weighted by molar-refractivity contribution is 7.12. The molecule has 32 heteroatoms. The Hall–Kier alpha value is -12.8. The monoisotopic (exact) mass is 1860 g/mol. The van der Waals surface area contributed by atoms with Gasteiger partial charge in [0.05, 0.1) is 67.8 Å². The van der Waals surface area contributed by atoms with Crippen LogP contribution in [-0.4, -0.2) is 41.5 Å². The first-order chi connectivity index (χ1) is 61.1. The van der Waals surface area contributed by atoms with Gasteiger partial charge in [-0.3, -0.25) is 9.59 Å². The molecular formula is C98H62F20N6O2S4. The van der Waals surface area contributed by atoms with E-state index in [4.69, 9.17) is 19.9 Å². The molecule has 0 radical (unpaired) electrons. The Kier molecular flexibility index (Phi) is 22.0. The highest BCUT2D eigenvalue weighted by Crippen LogP contribution is 2.47. The molecular weight excluding hydrogens is 1800 g/mol. The number of H-pyrrole nitrogens is 2. The van der Waals surface area contributed by atoms with Crippen LogP contribution in [0.25, 0.3) is 126 Å². The lowest BCUT2D eigenvalue weighted by molar-refractivity contribution is -0.114. The van der Waals surface area contributed by atoms with Crippen molar-refractivity contribution < 1.29 is 97.4 Å². The third-order valence-electron chi connectivity index (χ3n) is 22.3. The van der Waals surface area contributed by atoms with E-state index >= 15 is 87.8 Å². The molecule has 0 atom stereocenters. The van der Waals surface area contributed by atoms with Crippen LogP contribution < -0.4 is 9.06 Å². The number of benzene rings is 4. The second-order valence-electron chi connectivity index (χ2n) is 34.9. The van der Waals surface area contributed by atoms with E-state index in [0.717, 1.165) is 95.5 Å². The van der Waals surface area contributed by atoms with Gasteiger partial charge in [-0.15, -0.1) is 45.3 Å². The van der Waals surface area contributed by atoms with Gasteiger partial charge in [-0.25, -0.2) is 108 Å². The minimum atomic E-state index is -2.66. The summed E-state index contributed by atoms with van der Waals surface area (Å²) in [6.07, 6.45) is 15.4. The van der Waals surface area contributed by atoms with Crippen molar-refractivity contribution in [3.8, 4) is 44.5 Å². The van der Waals surface area contributed by atoms with Crippen LogP contribution in [0.1, 0.15) is 129 Å². The Labute approximate surface area is 738 Å². The van der Waals surface area contributed by atoms with Crippen LogP contribution in [0.2, 0.25) is 0 Å². The molecule has 0 fully saturated rings. The normalized spacial score (nSPS) is 14.8. The van der Waals surface area contributed by atoms with Gasteiger partial charge in [0.2, 0.25) is 23.3 Å². The zero-order valence-electron chi connectivity index (χ0n) is 69.7. The fourth-order valence-corrected chi connectivity index (χ4v) is 20.1.